The summed E-state index contributed by atoms with van der Waals surface area (Å²) in [5.74, 6) is -1.12. The van der Waals surface area contributed by atoms with Crippen LogP contribution in [-0.2, 0) is 19.6 Å². The summed E-state index contributed by atoms with van der Waals surface area (Å²) in [6, 6.07) is 8.28. The Morgan fingerprint density at radius 3 is 2.70 bits per heavy atom. The molecule has 1 aromatic heterocycles. The largest absolute Gasteiger partial charge is 0.481 e. The van der Waals surface area contributed by atoms with Crippen LogP contribution in [0.3, 0.4) is 0 Å². The van der Waals surface area contributed by atoms with Gasteiger partial charge in [0.2, 0.25) is 10.0 Å². The molecule has 0 fully saturated rings. The number of pyridine rings is 1. The van der Waals surface area contributed by atoms with Crippen molar-refractivity contribution in [2.45, 2.75) is 23.8 Å². The van der Waals surface area contributed by atoms with Gasteiger partial charge >= 0.3 is 5.97 Å². The SMILES string of the molecule is COCC(C)(CC(=O)O)NS(=O)(=O)c1cccc2cccnc12. The number of carboxylic acid groups (broad SMARTS) is 1. The second-order valence-corrected chi connectivity index (χ2v) is 7.15. The Balaban J connectivity index is 2.45. The van der Waals surface area contributed by atoms with E-state index in [0.29, 0.717) is 10.9 Å². The molecule has 8 heteroatoms. The van der Waals surface area contributed by atoms with Crippen LogP contribution < -0.4 is 4.72 Å². The molecular formula is C15H18N2O5S. The van der Waals surface area contributed by atoms with E-state index in [1.807, 2.05) is 0 Å². The lowest BCUT2D eigenvalue weighted by molar-refractivity contribution is -0.138. The Morgan fingerprint density at radius 2 is 2.04 bits per heavy atom. The summed E-state index contributed by atoms with van der Waals surface area (Å²) in [5.41, 5.74) is -0.936. The van der Waals surface area contributed by atoms with Crippen LogP contribution in [0.1, 0.15) is 13.3 Å². The number of aromatic nitrogens is 1. The fourth-order valence-corrected chi connectivity index (χ4v) is 4.01. The van der Waals surface area contributed by atoms with E-state index in [1.54, 1.807) is 24.3 Å². The number of methoxy groups -OCH3 is 1. The number of carbonyl (C=O) groups is 1. The first-order chi connectivity index (χ1) is 10.8. The van der Waals surface area contributed by atoms with E-state index in [0.717, 1.165) is 0 Å². The van der Waals surface area contributed by atoms with Gasteiger partial charge in [-0.2, -0.15) is 0 Å². The molecule has 2 rings (SSSR count). The van der Waals surface area contributed by atoms with E-state index < -0.39 is 28.0 Å². The van der Waals surface area contributed by atoms with Crippen molar-refractivity contribution >= 4 is 26.9 Å². The normalized spacial score (nSPS) is 14.5. The van der Waals surface area contributed by atoms with Crippen molar-refractivity contribution in [3.05, 3.63) is 36.5 Å². The lowest BCUT2D eigenvalue weighted by atomic mass is 10.0. The van der Waals surface area contributed by atoms with Crippen LogP contribution in [0, 0.1) is 0 Å². The molecule has 0 saturated heterocycles. The van der Waals surface area contributed by atoms with Crippen molar-refractivity contribution in [3.8, 4) is 0 Å². The predicted molar refractivity (Wildman–Crippen MR) is 84.6 cm³/mol. The highest BCUT2D eigenvalue weighted by atomic mass is 32.2. The minimum Gasteiger partial charge on any atom is -0.481 e. The van der Waals surface area contributed by atoms with Crippen LogP contribution in [0.4, 0.5) is 0 Å². The monoisotopic (exact) mass is 338 g/mol. The first kappa shape index (κ1) is 17.3. The van der Waals surface area contributed by atoms with Crippen LogP contribution >= 0.6 is 0 Å². The molecule has 0 spiro atoms. The average Bonchev–Trinajstić information content (AvgIpc) is 2.45. The highest BCUT2D eigenvalue weighted by Crippen LogP contribution is 2.23. The van der Waals surface area contributed by atoms with Gasteiger partial charge in [0, 0.05) is 18.7 Å². The number of para-hydroxylation sites is 1. The van der Waals surface area contributed by atoms with Crippen LogP contribution in [0.15, 0.2) is 41.4 Å². The molecule has 2 N–H and O–H groups in total. The molecule has 7 nitrogen and oxygen atoms in total. The van der Waals surface area contributed by atoms with E-state index >= 15 is 0 Å². The van der Waals surface area contributed by atoms with Crippen molar-refractivity contribution in [3.63, 3.8) is 0 Å². The number of sulfonamides is 1. The van der Waals surface area contributed by atoms with Crippen LogP contribution in [0.25, 0.3) is 10.9 Å². The van der Waals surface area contributed by atoms with E-state index in [4.69, 9.17) is 9.84 Å². The van der Waals surface area contributed by atoms with Gasteiger partial charge in [0.25, 0.3) is 0 Å². The van der Waals surface area contributed by atoms with Crippen LogP contribution in [-0.4, -0.2) is 43.7 Å². The Labute approximate surface area is 134 Å². The Morgan fingerprint density at radius 1 is 1.35 bits per heavy atom. The van der Waals surface area contributed by atoms with E-state index in [-0.39, 0.29) is 11.5 Å². The minimum atomic E-state index is -3.97. The Kier molecular flexibility index (Phi) is 4.98. The zero-order valence-corrected chi connectivity index (χ0v) is 13.6. The van der Waals surface area contributed by atoms with Crippen molar-refractivity contribution in [1.82, 2.24) is 9.71 Å². The van der Waals surface area contributed by atoms with Gasteiger partial charge in [-0.3, -0.25) is 9.78 Å². The second-order valence-electron chi connectivity index (χ2n) is 5.50. The fourth-order valence-electron chi connectivity index (χ4n) is 2.44. The molecule has 124 valence electrons. The van der Waals surface area contributed by atoms with Gasteiger partial charge in [-0.05, 0) is 19.1 Å². The first-order valence-electron chi connectivity index (χ1n) is 6.86. The Bertz CT molecular complexity index is 816. The summed E-state index contributed by atoms with van der Waals surface area (Å²) < 4.78 is 32.8. The van der Waals surface area contributed by atoms with Gasteiger partial charge in [0.15, 0.2) is 0 Å². The standard InChI is InChI=1S/C15H18N2O5S/c1-15(10-22-2,9-13(18)19)17-23(20,21)12-7-3-5-11-6-4-8-16-14(11)12/h3-8,17H,9-10H2,1-2H3,(H,18,19). The highest BCUT2D eigenvalue weighted by Gasteiger charge is 2.34. The molecule has 0 saturated carbocycles. The number of carboxylic acids is 1. The second kappa shape index (κ2) is 6.61. The number of nitrogens with one attached hydrogen (secondary N) is 1. The zero-order valence-electron chi connectivity index (χ0n) is 12.8. The summed E-state index contributed by atoms with van der Waals surface area (Å²) in [5, 5.41) is 9.69. The molecule has 1 atom stereocenters. The van der Waals surface area contributed by atoms with Crippen LogP contribution in [0.5, 0.6) is 0 Å². The molecule has 0 aliphatic carbocycles. The molecular weight excluding hydrogens is 320 g/mol. The van der Waals surface area contributed by atoms with Crippen molar-refractivity contribution < 1.29 is 23.1 Å². The minimum absolute atomic E-state index is 0.00307. The van der Waals surface area contributed by atoms with E-state index in [9.17, 15) is 13.2 Å². The number of hydrogen-bond acceptors (Lipinski definition) is 5. The molecule has 0 aliphatic rings. The molecule has 23 heavy (non-hydrogen) atoms. The lowest BCUT2D eigenvalue weighted by Gasteiger charge is -2.28. The molecule has 2 aromatic rings. The van der Waals surface area contributed by atoms with Crippen molar-refractivity contribution in [2.75, 3.05) is 13.7 Å². The van der Waals surface area contributed by atoms with Gasteiger partial charge in [0.1, 0.15) is 4.90 Å². The summed E-state index contributed by atoms with van der Waals surface area (Å²) in [6.45, 7) is 1.41. The summed E-state index contributed by atoms with van der Waals surface area (Å²) >= 11 is 0. The van der Waals surface area contributed by atoms with Gasteiger partial charge in [-0.25, -0.2) is 13.1 Å². The van der Waals surface area contributed by atoms with Gasteiger partial charge in [-0.1, -0.05) is 18.2 Å². The smallest absolute Gasteiger partial charge is 0.305 e. The van der Waals surface area contributed by atoms with Gasteiger partial charge < -0.3 is 9.84 Å². The van der Waals surface area contributed by atoms with E-state index in [1.165, 1.54) is 26.3 Å². The average molecular weight is 338 g/mol. The number of ether oxygens (including phenoxy) is 1. The summed E-state index contributed by atoms with van der Waals surface area (Å²) in [6.07, 6.45) is 1.10. The third-order valence-electron chi connectivity index (χ3n) is 3.27. The fraction of sp³-hybridized carbons (Fsp3) is 0.333. The summed E-state index contributed by atoms with van der Waals surface area (Å²) in [4.78, 5) is 15.1. The Hall–Kier alpha value is -2.03. The predicted octanol–water partition coefficient (Wildman–Crippen LogP) is 1.39. The molecule has 0 bridgehead atoms. The number of nitrogens with zero attached hydrogens (tertiary/aromatic N) is 1. The molecule has 1 heterocycles. The molecule has 1 aromatic carbocycles. The quantitative estimate of drug-likeness (QED) is 0.790. The van der Waals surface area contributed by atoms with Crippen molar-refractivity contribution in [2.24, 2.45) is 0 Å². The number of fused-ring (bicyclic) bond motifs is 1. The van der Waals surface area contributed by atoms with Gasteiger partial charge in [0.05, 0.1) is 24.1 Å². The van der Waals surface area contributed by atoms with E-state index in [2.05, 4.69) is 9.71 Å². The molecule has 0 aliphatic heterocycles. The maximum atomic E-state index is 12.7. The number of aliphatic carboxylic acids is 1. The van der Waals surface area contributed by atoms with Crippen LogP contribution in [0.2, 0.25) is 0 Å². The topological polar surface area (TPSA) is 106 Å². The third-order valence-corrected chi connectivity index (χ3v) is 4.94. The molecule has 0 amide bonds. The number of hydrogen-bond donors (Lipinski definition) is 2. The molecule has 1 unspecified atom stereocenters. The number of rotatable bonds is 7. The van der Waals surface area contributed by atoms with Gasteiger partial charge in [-0.15, -0.1) is 0 Å². The summed E-state index contributed by atoms with van der Waals surface area (Å²) in [7, 11) is -2.59. The third kappa shape index (κ3) is 4.04. The maximum absolute atomic E-state index is 12.7. The highest BCUT2D eigenvalue weighted by molar-refractivity contribution is 7.89. The number of benzene rings is 1. The van der Waals surface area contributed by atoms with Crippen molar-refractivity contribution in [1.29, 1.82) is 0 Å². The maximum Gasteiger partial charge on any atom is 0.305 e. The first-order valence-corrected chi connectivity index (χ1v) is 8.34. The zero-order chi connectivity index (χ0) is 17.1. The molecule has 0 radical (unpaired) electrons. The lowest BCUT2D eigenvalue weighted by Crippen LogP contribution is -2.50.